The van der Waals surface area contributed by atoms with Gasteiger partial charge in [0.15, 0.2) is 0 Å². The molecular weight excluding hydrogens is 268 g/mol. The Morgan fingerprint density at radius 3 is 2.86 bits per heavy atom. The summed E-state index contributed by atoms with van der Waals surface area (Å²) >= 11 is 0. The maximum Gasteiger partial charge on any atom is 0.242 e. The fourth-order valence-electron chi connectivity index (χ4n) is 2.83. The molecule has 0 spiro atoms. The Bertz CT molecular complexity index is 659. The first-order chi connectivity index (χ1) is 10.2. The van der Waals surface area contributed by atoms with Crippen molar-refractivity contribution in [3.63, 3.8) is 0 Å². The van der Waals surface area contributed by atoms with E-state index in [0.29, 0.717) is 18.8 Å². The highest BCUT2D eigenvalue weighted by atomic mass is 16.5. The van der Waals surface area contributed by atoms with E-state index in [-0.39, 0.29) is 5.91 Å². The normalized spacial score (nSPS) is 15.0. The standard InChI is InChI=1S/C15H20N4O2/c1-21-10-13-17-15-11(16)5-4-6-12(15)19(13)9-14(20)18-7-2-3-8-18/h4-6H,2-3,7-10,16H2,1H3. The van der Waals surface area contributed by atoms with Gasteiger partial charge in [-0.2, -0.15) is 0 Å². The smallest absolute Gasteiger partial charge is 0.242 e. The molecule has 1 aromatic carbocycles. The maximum absolute atomic E-state index is 12.4. The van der Waals surface area contributed by atoms with Gasteiger partial charge >= 0.3 is 0 Å². The first kappa shape index (κ1) is 13.9. The van der Waals surface area contributed by atoms with Crippen LogP contribution in [0.5, 0.6) is 0 Å². The van der Waals surface area contributed by atoms with E-state index in [1.165, 1.54) is 0 Å². The predicted molar refractivity (Wildman–Crippen MR) is 80.7 cm³/mol. The van der Waals surface area contributed by atoms with Gasteiger partial charge in [-0.1, -0.05) is 6.07 Å². The van der Waals surface area contributed by atoms with Crippen LogP contribution in [0, 0.1) is 0 Å². The van der Waals surface area contributed by atoms with Crippen molar-refractivity contribution in [3.05, 3.63) is 24.0 Å². The van der Waals surface area contributed by atoms with Crippen molar-refractivity contribution in [2.75, 3.05) is 25.9 Å². The summed E-state index contributed by atoms with van der Waals surface area (Å²) in [5.41, 5.74) is 8.22. The monoisotopic (exact) mass is 288 g/mol. The van der Waals surface area contributed by atoms with E-state index >= 15 is 0 Å². The van der Waals surface area contributed by atoms with Crippen LogP contribution in [-0.2, 0) is 22.7 Å². The van der Waals surface area contributed by atoms with Crippen molar-refractivity contribution in [2.45, 2.75) is 26.0 Å². The molecule has 2 N–H and O–H groups in total. The fourth-order valence-corrected chi connectivity index (χ4v) is 2.83. The number of nitrogens with zero attached hydrogens (tertiary/aromatic N) is 3. The average molecular weight is 288 g/mol. The molecule has 6 heteroatoms. The number of nitrogens with two attached hydrogens (primary N) is 1. The lowest BCUT2D eigenvalue weighted by Crippen LogP contribution is -2.31. The SMILES string of the molecule is COCc1nc2c(N)cccc2n1CC(=O)N1CCCC1. The molecule has 1 aromatic heterocycles. The molecule has 3 rings (SSSR count). The topological polar surface area (TPSA) is 73.4 Å². The summed E-state index contributed by atoms with van der Waals surface area (Å²) < 4.78 is 7.11. The van der Waals surface area contributed by atoms with Crippen LogP contribution in [0.2, 0.25) is 0 Å². The third-order valence-corrected chi connectivity index (χ3v) is 3.91. The van der Waals surface area contributed by atoms with Gasteiger partial charge in [0.1, 0.15) is 24.5 Å². The summed E-state index contributed by atoms with van der Waals surface area (Å²) in [4.78, 5) is 18.8. The molecule has 0 radical (unpaired) electrons. The van der Waals surface area contributed by atoms with Crippen LogP contribution in [0.1, 0.15) is 18.7 Å². The zero-order chi connectivity index (χ0) is 14.8. The summed E-state index contributed by atoms with van der Waals surface area (Å²) in [7, 11) is 1.62. The summed E-state index contributed by atoms with van der Waals surface area (Å²) in [6, 6.07) is 5.64. The number of nitrogen functional groups attached to an aromatic ring is 1. The van der Waals surface area contributed by atoms with Crippen molar-refractivity contribution >= 4 is 22.6 Å². The summed E-state index contributed by atoms with van der Waals surface area (Å²) in [5, 5.41) is 0. The van der Waals surface area contributed by atoms with E-state index in [9.17, 15) is 4.79 Å². The lowest BCUT2D eigenvalue weighted by atomic mass is 10.2. The molecule has 0 atom stereocenters. The van der Waals surface area contributed by atoms with E-state index in [0.717, 1.165) is 42.8 Å². The predicted octanol–water partition coefficient (Wildman–Crippen LogP) is 1.39. The molecule has 0 unspecified atom stereocenters. The minimum Gasteiger partial charge on any atom is -0.397 e. The molecular formula is C15H20N4O2. The minimum atomic E-state index is 0.131. The Labute approximate surface area is 123 Å². The molecule has 2 heterocycles. The number of anilines is 1. The van der Waals surface area contributed by atoms with Crippen LogP contribution in [0.25, 0.3) is 11.0 Å². The van der Waals surface area contributed by atoms with Gasteiger partial charge in [-0.15, -0.1) is 0 Å². The Balaban J connectivity index is 1.96. The highest BCUT2D eigenvalue weighted by Gasteiger charge is 2.21. The third kappa shape index (κ3) is 2.58. The van der Waals surface area contributed by atoms with Crippen molar-refractivity contribution < 1.29 is 9.53 Å². The number of rotatable bonds is 4. The number of amides is 1. The average Bonchev–Trinajstić information content (AvgIpc) is 3.10. The number of imidazole rings is 1. The van der Waals surface area contributed by atoms with Gasteiger partial charge in [-0.3, -0.25) is 4.79 Å². The Morgan fingerprint density at radius 1 is 1.38 bits per heavy atom. The lowest BCUT2D eigenvalue weighted by molar-refractivity contribution is -0.130. The first-order valence-corrected chi connectivity index (χ1v) is 7.21. The van der Waals surface area contributed by atoms with Crippen LogP contribution in [-0.4, -0.2) is 40.6 Å². The van der Waals surface area contributed by atoms with Crippen LogP contribution >= 0.6 is 0 Å². The van der Waals surface area contributed by atoms with Crippen LogP contribution in [0.4, 0.5) is 5.69 Å². The molecule has 0 bridgehead atoms. The van der Waals surface area contributed by atoms with Gasteiger partial charge in [0.05, 0.1) is 11.2 Å². The van der Waals surface area contributed by atoms with Gasteiger partial charge in [-0.05, 0) is 25.0 Å². The lowest BCUT2D eigenvalue weighted by Gasteiger charge is -2.17. The van der Waals surface area contributed by atoms with Crippen LogP contribution in [0.15, 0.2) is 18.2 Å². The number of likely N-dealkylation sites (tertiary alicyclic amines) is 1. The van der Waals surface area contributed by atoms with E-state index in [1.807, 2.05) is 27.7 Å². The second-order valence-corrected chi connectivity index (χ2v) is 5.35. The first-order valence-electron chi connectivity index (χ1n) is 7.21. The van der Waals surface area contributed by atoms with Gasteiger partial charge < -0.3 is 19.9 Å². The molecule has 2 aromatic rings. The van der Waals surface area contributed by atoms with Gasteiger partial charge in [0.2, 0.25) is 5.91 Å². The maximum atomic E-state index is 12.4. The number of benzene rings is 1. The highest BCUT2D eigenvalue weighted by Crippen LogP contribution is 2.22. The summed E-state index contributed by atoms with van der Waals surface area (Å²) in [6.45, 7) is 2.36. The van der Waals surface area contributed by atoms with Crippen molar-refractivity contribution in [1.82, 2.24) is 14.5 Å². The molecule has 21 heavy (non-hydrogen) atoms. The quantitative estimate of drug-likeness (QED) is 0.863. The van der Waals surface area contributed by atoms with E-state index in [4.69, 9.17) is 10.5 Å². The van der Waals surface area contributed by atoms with E-state index < -0.39 is 0 Å². The Kier molecular flexibility index (Phi) is 3.79. The van der Waals surface area contributed by atoms with Gasteiger partial charge in [-0.25, -0.2) is 4.98 Å². The molecule has 1 aliphatic rings. The number of carbonyl (C=O) groups excluding carboxylic acids is 1. The van der Waals surface area contributed by atoms with Gasteiger partial charge in [0.25, 0.3) is 0 Å². The molecule has 1 fully saturated rings. The summed E-state index contributed by atoms with van der Waals surface area (Å²) in [5.74, 6) is 0.865. The number of hydrogen-bond donors (Lipinski definition) is 1. The molecule has 0 saturated carbocycles. The van der Waals surface area contributed by atoms with Crippen molar-refractivity contribution in [2.24, 2.45) is 0 Å². The molecule has 1 aliphatic heterocycles. The molecule has 112 valence electrons. The van der Waals surface area contributed by atoms with Crippen molar-refractivity contribution in [1.29, 1.82) is 0 Å². The molecule has 1 saturated heterocycles. The molecule has 1 amide bonds. The second-order valence-electron chi connectivity index (χ2n) is 5.35. The zero-order valence-corrected chi connectivity index (χ0v) is 12.2. The number of ether oxygens (including phenoxy) is 1. The largest absolute Gasteiger partial charge is 0.397 e. The fraction of sp³-hybridized carbons (Fsp3) is 0.467. The zero-order valence-electron chi connectivity index (χ0n) is 12.2. The number of para-hydroxylation sites is 1. The Hall–Kier alpha value is -2.08. The third-order valence-electron chi connectivity index (χ3n) is 3.91. The number of carbonyl (C=O) groups is 1. The Morgan fingerprint density at radius 2 is 2.14 bits per heavy atom. The van der Waals surface area contributed by atoms with E-state index in [1.54, 1.807) is 7.11 Å². The highest BCUT2D eigenvalue weighted by molar-refractivity contribution is 5.89. The number of aromatic nitrogens is 2. The number of fused-ring (bicyclic) bond motifs is 1. The van der Waals surface area contributed by atoms with Crippen molar-refractivity contribution in [3.8, 4) is 0 Å². The second kappa shape index (κ2) is 5.73. The number of hydrogen-bond acceptors (Lipinski definition) is 4. The summed E-state index contributed by atoms with van der Waals surface area (Å²) in [6.07, 6.45) is 2.18. The minimum absolute atomic E-state index is 0.131. The molecule has 6 nitrogen and oxygen atoms in total. The number of methoxy groups -OCH3 is 1. The van der Waals surface area contributed by atoms with Crippen LogP contribution < -0.4 is 5.73 Å². The van der Waals surface area contributed by atoms with E-state index in [2.05, 4.69) is 4.98 Å². The van der Waals surface area contributed by atoms with Gasteiger partial charge in [0, 0.05) is 20.2 Å². The van der Waals surface area contributed by atoms with Crippen LogP contribution in [0.3, 0.4) is 0 Å². The molecule has 0 aliphatic carbocycles.